The molecule has 0 fully saturated rings. The molecule has 0 unspecified atom stereocenters. The number of aromatic nitrogens is 2. The fourth-order valence-corrected chi connectivity index (χ4v) is 5.53. The van der Waals surface area contributed by atoms with E-state index >= 15 is 0 Å². The summed E-state index contributed by atoms with van der Waals surface area (Å²) in [7, 11) is 0. The van der Waals surface area contributed by atoms with Gasteiger partial charge in [0.2, 0.25) is 0 Å². The topological polar surface area (TPSA) is 25.8 Å². The molecule has 2 aromatic rings. The minimum atomic E-state index is 1.08. The summed E-state index contributed by atoms with van der Waals surface area (Å²) in [4.78, 5) is 10.0. The van der Waals surface area contributed by atoms with E-state index < -0.39 is 0 Å². The van der Waals surface area contributed by atoms with Gasteiger partial charge in [-0.05, 0) is 98.3 Å². The molecule has 0 N–H and O–H groups in total. The fourth-order valence-electron chi connectivity index (χ4n) is 4.19. The Hall–Kier alpha value is -1.00. The summed E-state index contributed by atoms with van der Waals surface area (Å²) < 4.78 is 0. The maximum absolute atomic E-state index is 5.03. The molecule has 0 bridgehead atoms. The van der Waals surface area contributed by atoms with Crippen molar-refractivity contribution in [3.05, 3.63) is 34.4 Å². The van der Waals surface area contributed by atoms with Gasteiger partial charge < -0.3 is 0 Å². The Balaban J connectivity index is 1.83. The predicted octanol–water partition coefficient (Wildman–Crippen LogP) is 5.74. The van der Waals surface area contributed by atoms with Crippen molar-refractivity contribution < 1.29 is 0 Å². The van der Waals surface area contributed by atoms with Gasteiger partial charge in [-0.25, -0.2) is 9.97 Å². The lowest BCUT2D eigenvalue weighted by atomic mass is 9.92. The SMILES string of the molecule is CSc1nc(-c2cc3c(c(SC)n2)CCCC3)cc2c1CCCCC2. The summed E-state index contributed by atoms with van der Waals surface area (Å²) in [6.45, 7) is 0. The van der Waals surface area contributed by atoms with E-state index in [9.17, 15) is 0 Å². The molecule has 0 amide bonds. The Bertz CT molecular complexity index is 769. The van der Waals surface area contributed by atoms with Crippen LogP contribution >= 0.6 is 23.5 Å². The average Bonchev–Trinajstić information content (AvgIpc) is 2.91. The van der Waals surface area contributed by atoms with Gasteiger partial charge in [0, 0.05) is 0 Å². The molecular weight excluding hydrogens is 344 g/mol. The van der Waals surface area contributed by atoms with E-state index in [-0.39, 0.29) is 0 Å². The molecule has 2 aromatic heterocycles. The van der Waals surface area contributed by atoms with Crippen molar-refractivity contribution in [1.82, 2.24) is 9.97 Å². The average molecular weight is 371 g/mol. The maximum Gasteiger partial charge on any atom is 0.1000 e. The Morgan fingerprint density at radius 1 is 0.640 bits per heavy atom. The second-order valence-electron chi connectivity index (χ2n) is 7.08. The Kier molecular flexibility index (Phi) is 5.37. The number of hydrogen-bond acceptors (Lipinski definition) is 4. The number of rotatable bonds is 3. The number of fused-ring (bicyclic) bond motifs is 2. The van der Waals surface area contributed by atoms with Crippen molar-refractivity contribution in [2.75, 3.05) is 12.5 Å². The molecule has 0 aromatic carbocycles. The summed E-state index contributed by atoms with van der Waals surface area (Å²) >= 11 is 3.59. The fraction of sp³-hybridized carbons (Fsp3) is 0.524. The number of pyridine rings is 2. The normalized spacial score (nSPS) is 16.9. The molecule has 2 aliphatic carbocycles. The Morgan fingerprint density at radius 3 is 1.60 bits per heavy atom. The van der Waals surface area contributed by atoms with Crippen LogP contribution in [-0.4, -0.2) is 22.5 Å². The third kappa shape index (κ3) is 3.48. The van der Waals surface area contributed by atoms with Crippen LogP contribution in [-0.2, 0) is 25.7 Å². The van der Waals surface area contributed by atoms with Gasteiger partial charge in [-0.1, -0.05) is 6.42 Å². The molecule has 4 heteroatoms. The zero-order valence-corrected chi connectivity index (χ0v) is 16.9. The summed E-state index contributed by atoms with van der Waals surface area (Å²) in [5, 5.41) is 2.44. The third-order valence-electron chi connectivity index (χ3n) is 5.50. The third-order valence-corrected chi connectivity index (χ3v) is 6.95. The Morgan fingerprint density at radius 2 is 1.08 bits per heavy atom. The lowest BCUT2D eigenvalue weighted by molar-refractivity contribution is 0.668. The smallest absolute Gasteiger partial charge is 0.1000 e. The lowest BCUT2D eigenvalue weighted by Crippen LogP contribution is -2.07. The Labute approximate surface area is 159 Å². The predicted molar refractivity (Wildman–Crippen MR) is 109 cm³/mol. The number of aryl methyl sites for hydroxylation is 2. The molecule has 4 rings (SSSR count). The standard InChI is InChI=1S/C21H26N2S2/c1-24-20-16-10-5-3-4-8-14(16)12-18(22-20)19-13-15-9-6-7-11-17(15)21(23-19)25-2/h12-13H,3-11H2,1-2H3. The highest BCUT2D eigenvalue weighted by Crippen LogP contribution is 2.35. The summed E-state index contributed by atoms with van der Waals surface area (Å²) in [6, 6.07) is 4.66. The van der Waals surface area contributed by atoms with E-state index in [1.165, 1.54) is 90.1 Å². The number of nitrogens with zero attached hydrogens (tertiary/aromatic N) is 2. The summed E-state index contributed by atoms with van der Waals surface area (Å²) in [6.07, 6.45) is 15.6. The van der Waals surface area contributed by atoms with Gasteiger partial charge in [0.1, 0.15) is 0 Å². The molecule has 2 aliphatic rings. The highest BCUT2D eigenvalue weighted by atomic mass is 32.2. The molecule has 132 valence electrons. The van der Waals surface area contributed by atoms with Crippen molar-refractivity contribution >= 4 is 23.5 Å². The highest BCUT2D eigenvalue weighted by Gasteiger charge is 2.20. The van der Waals surface area contributed by atoms with E-state index in [4.69, 9.17) is 9.97 Å². The minimum absolute atomic E-state index is 1.08. The number of thioether (sulfide) groups is 2. The van der Waals surface area contributed by atoms with Gasteiger partial charge >= 0.3 is 0 Å². The van der Waals surface area contributed by atoms with Crippen LogP contribution in [0.15, 0.2) is 22.2 Å². The summed E-state index contributed by atoms with van der Waals surface area (Å²) in [5.41, 5.74) is 8.15. The first-order valence-electron chi connectivity index (χ1n) is 9.44. The molecule has 0 saturated heterocycles. The van der Waals surface area contributed by atoms with E-state index in [1.807, 2.05) is 0 Å². The second-order valence-corrected chi connectivity index (χ2v) is 8.67. The van der Waals surface area contributed by atoms with Crippen molar-refractivity contribution in [1.29, 1.82) is 0 Å². The van der Waals surface area contributed by atoms with Crippen molar-refractivity contribution in [2.24, 2.45) is 0 Å². The van der Waals surface area contributed by atoms with Crippen LogP contribution in [0.4, 0.5) is 0 Å². The van der Waals surface area contributed by atoms with Crippen molar-refractivity contribution in [3.8, 4) is 11.4 Å². The van der Waals surface area contributed by atoms with E-state index in [1.54, 1.807) is 23.5 Å². The minimum Gasteiger partial charge on any atom is -0.240 e. The van der Waals surface area contributed by atoms with Gasteiger partial charge in [0.05, 0.1) is 21.4 Å². The van der Waals surface area contributed by atoms with Gasteiger partial charge in [-0.2, -0.15) is 0 Å². The molecule has 2 nitrogen and oxygen atoms in total. The molecule has 0 saturated carbocycles. The van der Waals surface area contributed by atoms with Crippen LogP contribution in [0.1, 0.15) is 54.4 Å². The van der Waals surface area contributed by atoms with Gasteiger partial charge in [-0.3, -0.25) is 0 Å². The van der Waals surface area contributed by atoms with Crippen LogP contribution in [0.3, 0.4) is 0 Å². The van der Waals surface area contributed by atoms with Crippen LogP contribution in [0.5, 0.6) is 0 Å². The molecule has 0 aliphatic heterocycles. The van der Waals surface area contributed by atoms with Crippen LogP contribution in [0, 0.1) is 0 Å². The molecule has 0 radical (unpaired) electrons. The van der Waals surface area contributed by atoms with Gasteiger partial charge in [0.15, 0.2) is 0 Å². The largest absolute Gasteiger partial charge is 0.240 e. The quantitative estimate of drug-likeness (QED) is 0.508. The monoisotopic (exact) mass is 370 g/mol. The zero-order valence-electron chi connectivity index (χ0n) is 15.2. The zero-order chi connectivity index (χ0) is 17.2. The summed E-state index contributed by atoms with van der Waals surface area (Å²) in [5.74, 6) is 0. The van der Waals surface area contributed by atoms with E-state index in [0.29, 0.717) is 0 Å². The molecule has 25 heavy (non-hydrogen) atoms. The van der Waals surface area contributed by atoms with Gasteiger partial charge in [0.25, 0.3) is 0 Å². The van der Waals surface area contributed by atoms with E-state index in [0.717, 1.165) is 11.4 Å². The number of hydrogen-bond donors (Lipinski definition) is 0. The first-order valence-corrected chi connectivity index (χ1v) is 11.9. The van der Waals surface area contributed by atoms with Gasteiger partial charge in [-0.15, -0.1) is 23.5 Å². The molecule has 0 atom stereocenters. The van der Waals surface area contributed by atoms with Crippen molar-refractivity contribution in [3.63, 3.8) is 0 Å². The lowest BCUT2D eigenvalue weighted by Gasteiger charge is -2.20. The van der Waals surface area contributed by atoms with E-state index in [2.05, 4.69) is 24.6 Å². The highest BCUT2D eigenvalue weighted by molar-refractivity contribution is 7.98. The molecule has 0 spiro atoms. The molecule has 2 heterocycles. The van der Waals surface area contributed by atoms with Crippen molar-refractivity contribution in [2.45, 2.75) is 67.8 Å². The van der Waals surface area contributed by atoms with Crippen LogP contribution in [0.2, 0.25) is 0 Å². The maximum atomic E-state index is 5.03. The van der Waals surface area contributed by atoms with Crippen LogP contribution < -0.4 is 0 Å². The first kappa shape index (κ1) is 17.4. The molecular formula is C21H26N2S2. The first-order chi connectivity index (χ1) is 12.3. The van der Waals surface area contributed by atoms with Crippen LogP contribution in [0.25, 0.3) is 11.4 Å². The second kappa shape index (κ2) is 7.71.